The van der Waals surface area contributed by atoms with Gasteiger partial charge >= 0.3 is 17.1 Å². The van der Waals surface area contributed by atoms with E-state index in [2.05, 4.69) is 131 Å². The van der Waals surface area contributed by atoms with Gasteiger partial charge in [-0.15, -0.1) is 22.1 Å². The van der Waals surface area contributed by atoms with Crippen LogP contribution >= 0.6 is 0 Å². The van der Waals surface area contributed by atoms with E-state index in [9.17, 15) is 10.2 Å². The van der Waals surface area contributed by atoms with Crippen LogP contribution in [0.4, 0.5) is 0 Å². The Morgan fingerprint density at radius 3 is 1.14 bits per heavy atom. The molecule has 2 aliphatic heterocycles. The van der Waals surface area contributed by atoms with Gasteiger partial charge in [-0.1, -0.05) is 51.0 Å². The van der Waals surface area contributed by atoms with Crippen LogP contribution in [0, 0.1) is 0 Å². The van der Waals surface area contributed by atoms with Crippen molar-refractivity contribution in [2.75, 3.05) is 26.4 Å². The monoisotopic (exact) mass is 919 g/mol. The molecule has 1 radical (unpaired) electrons. The fourth-order valence-electron chi connectivity index (χ4n) is 8.79. The van der Waals surface area contributed by atoms with Crippen LogP contribution in [0.3, 0.4) is 0 Å². The second-order valence-electron chi connectivity index (χ2n) is 16.2. The van der Waals surface area contributed by atoms with Crippen LogP contribution in [0.2, 0.25) is 0 Å². The summed E-state index contributed by atoms with van der Waals surface area (Å²) in [6.45, 7) is 7.93. The minimum atomic E-state index is -0.0319. The van der Waals surface area contributed by atoms with Crippen molar-refractivity contribution in [1.82, 2.24) is 19.9 Å². The van der Waals surface area contributed by atoms with E-state index >= 15 is 0 Å². The first-order valence-corrected chi connectivity index (χ1v) is 22.9. The number of aliphatic hydroxyl groups excluding tert-OH is 2. The van der Waals surface area contributed by atoms with Crippen LogP contribution < -0.4 is 28.2 Å². The molecule has 0 unspecified atom stereocenters. The number of pyridine rings is 4. The molecular formula is C54H56MnN8O3+4. The van der Waals surface area contributed by atoms with Crippen LogP contribution in [0.15, 0.2) is 122 Å². The van der Waals surface area contributed by atoms with Gasteiger partial charge in [-0.3, -0.25) is 0 Å². The molecule has 0 aromatic carbocycles. The molecule has 0 fully saturated rings. The summed E-state index contributed by atoms with van der Waals surface area (Å²) in [5, 5.41) is 20.5. The minimum Gasteiger partial charge on any atom is -0.656 e. The van der Waals surface area contributed by atoms with Crippen LogP contribution in [0.5, 0.6) is 0 Å². The number of rotatable bonds is 17. The molecule has 9 heterocycles. The SMILES string of the molecule is CCCCOCC[n+]1ccccc1-c1c2nc(c(-c3cccc[n+]3CCO)c3ccc([n-]3)c(-c3cccc[n+]3CCO)c3nc(c(-c4cccc[n+]4CCCC)c4ccc1[n-]4)C=C3)C=C2.[Mn+2]. The van der Waals surface area contributed by atoms with Gasteiger partial charge in [0.2, 0.25) is 22.8 Å². The van der Waals surface area contributed by atoms with Crippen molar-refractivity contribution in [3.05, 3.63) is 145 Å². The first kappa shape index (κ1) is 46.1. The number of aromatic nitrogens is 8. The zero-order valence-corrected chi connectivity index (χ0v) is 38.8. The number of unbranched alkanes of at least 4 members (excludes halogenated alkanes) is 2. The molecule has 0 atom stereocenters. The molecule has 333 valence electrons. The summed E-state index contributed by atoms with van der Waals surface area (Å²) in [6.07, 6.45) is 20.7. The number of nitrogens with zero attached hydrogens (tertiary/aromatic N) is 8. The Labute approximate surface area is 396 Å². The molecule has 7 aromatic rings. The van der Waals surface area contributed by atoms with Gasteiger partial charge in [0.05, 0.1) is 45.0 Å². The summed E-state index contributed by atoms with van der Waals surface area (Å²) in [6, 6.07) is 33.0. The Morgan fingerprint density at radius 2 is 0.788 bits per heavy atom. The summed E-state index contributed by atoms with van der Waals surface area (Å²) in [7, 11) is 0. The molecule has 66 heavy (non-hydrogen) atoms. The Kier molecular flexibility index (Phi) is 15.2. The van der Waals surface area contributed by atoms with E-state index in [1.807, 2.05) is 47.3 Å². The largest absolute Gasteiger partial charge is 2.00 e. The zero-order chi connectivity index (χ0) is 44.5. The quantitative estimate of drug-likeness (QED) is 0.0558. The molecule has 11 nitrogen and oxygen atoms in total. The van der Waals surface area contributed by atoms with Crippen LogP contribution in [-0.2, 0) is 48.0 Å². The third-order valence-corrected chi connectivity index (χ3v) is 11.9. The molecule has 7 aromatic heterocycles. The van der Waals surface area contributed by atoms with Crippen molar-refractivity contribution in [2.45, 2.75) is 65.7 Å². The van der Waals surface area contributed by atoms with E-state index in [0.29, 0.717) is 26.2 Å². The van der Waals surface area contributed by atoms with E-state index in [1.54, 1.807) is 0 Å². The van der Waals surface area contributed by atoms with Gasteiger partial charge in [-0.05, 0) is 55.0 Å². The van der Waals surface area contributed by atoms with E-state index in [-0.39, 0.29) is 30.3 Å². The molecule has 12 heteroatoms. The third kappa shape index (κ3) is 9.61. The standard InChI is InChI=1S/C54H56N8O3.Mn/c1-3-5-27-59-28-11-7-15-47(59)51-39-19-21-41(55-39)52(48-16-8-12-29-60(48)32-35-63)42-22-23-43(57-42)53(49-17-9-13-30-61(49)33-36-64)44-24-26-46(58-44)54(45-25-20-40(51)56-45)50-18-10-14-31-62(50)34-38-65-37-6-4-2;/h7-26,28-31,63-64H,3-6,27,32-38H2,1-2H3;/q2*+2. The summed E-state index contributed by atoms with van der Waals surface area (Å²) >= 11 is 0. The van der Waals surface area contributed by atoms with Crippen LogP contribution in [0.1, 0.15) is 62.3 Å². The number of hydrogen-bond donors (Lipinski definition) is 2. The summed E-state index contributed by atoms with van der Waals surface area (Å²) in [4.78, 5) is 22.0. The van der Waals surface area contributed by atoms with Gasteiger partial charge < -0.3 is 24.9 Å². The van der Waals surface area contributed by atoms with Gasteiger partial charge in [-0.2, -0.15) is 18.3 Å². The van der Waals surface area contributed by atoms with E-state index in [0.717, 1.165) is 129 Å². The average Bonchev–Trinajstić information content (AvgIpc) is 4.19. The van der Waals surface area contributed by atoms with Crippen molar-refractivity contribution in [3.63, 3.8) is 0 Å². The summed E-state index contributed by atoms with van der Waals surface area (Å²) < 4.78 is 14.7. The van der Waals surface area contributed by atoms with E-state index in [4.69, 9.17) is 24.7 Å². The number of fused-ring (bicyclic) bond motifs is 8. The normalized spacial score (nSPS) is 11.9. The van der Waals surface area contributed by atoms with Gasteiger partial charge in [0.25, 0.3) is 0 Å². The molecule has 2 N–H and O–H groups in total. The first-order valence-electron chi connectivity index (χ1n) is 22.9. The summed E-state index contributed by atoms with van der Waals surface area (Å²) in [5.41, 5.74) is 13.3. The van der Waals surface area contributed by atoms with E-state index < -0.39 is 0 Å². The zero-order valence-electron chi connectivity index (χ0n) is 37.6. The fraction of sp³-hybridized carbons (Fsp3) is 0.259. The van der Waals surface area contributed by atoms with Crippen molar-refractivity contribution in [2.24, 2.45) is 0 Å². The number of aliphatic hydroxyl groups is 2. The van der Waals surface area contributed by atoms with Gasteiger partial charge in [0.1, 0.15) is 26.4 Å². The topological polar surface area (TPSA) is 119 Å². The predicted molar refractivity (Wildman–Crippen MR) is 254 cm³/mol. The number of aryl methyl sites for hydroxylation is 1. The second-order valence-corrected chi connectivity index (χ2v) is 16.2. The molecule has 9 rings (SSSR count). The molecular weight excluding hydrogens is 864 g/mol. The molecule has 0 saturated carbocycles. The van der Waals surface area contributed by atoms with Crippen molar-refractivity contribution < 1.29 is 50.3 Å². The fourth-order valence-corrected chi connectivity index (χ4v) is 8.79. The maximum Gasteiger partial charge on any atom is 2.00 e. The molecule has 0 aliphatic carbocycles. The first-order chi connectivity index (χ1) is 32.1. The van der Waals surface area contributed by atoms with Gasteiger partial charge in [0, 0.05) is 61.6 Å². The number of hydrogen-bond acceptors (Lipinski definition) is 5. The molecule has 8 bridgehead atoms. The maximum absolute atomic E-state index is 10.2. The maximum atomic E-state index is 10.2. The van der Waals surface area contributed by atoms with E-state index in [1.165, 1.54) is 0 Å². The molecule has 0 spiro atoms. The minimum absolute atomic E-state index is 0. The number of ether oxygens (including phenoxy) is 1. The van der Waals surface area contributed by atoms with Crippen LogP contribution in [0.25, 0.3) is 91.4 Å². The Bertz CT molecular complexity index is 3060. The predicted octanol–water partition coefficient (Wildman–Crippen LogP) is 7.33. The smallest absolute Gasteiger partial charge is 0.656 e. The van der Waals surface area contributed by atoms with Gasteiger partial charge in [-0.25, -0.2) is 9.97 Å². The van der Waals surface area contributed by atoms with Gasteiger partial charge in [0.15, 0.2) is 44.4 Å². The van der Waals surface area contributed by atoms with Crippen molar-refractivity contribution in [3.8, 4) is 45.0 Å². The van der Waals surface area contributed by atoms with Crippen molar-refractivity contribution >= 4 is 46.4 Å². The molecule has 0 saturated heterocycles. The Morgan fingerprint density at radius 1 is 0.439 bits per heavy atom. The second kappa shape index (κ2) is 21.7. The molecule has 2 aliphatic rings. The Hall–Kier alpha value is -6.40. The third-order valence-electron chi connectivity index (χ3n) is 11.9. The summed E-state index contributed by atoms with van der Waals surface area (Å²) in [5.74, 6) is 0. The van der Waals surface area contributed by atoms with Crippen molar-refractivity contribution in [1.29, 1.82) is 0 Å². The average molecular weight is 920 g/mol. The Balaban J connectivity index is 0.00000592. The molecule has 0 amide bonds. The van der Waals surface area contributed by atoms with Crippen LogP contribution in [-0.4, -0.2) is 46.6 Å².